The number of carbonyl (C=O) groups excluding carboxylic acids is 2. The number of methoxy groups -OCH3 is 2. The van der Waals surface area contributed by atoms with Crippen LogP contribution in [0.1, 0.15) is 11.6 Å². The van der Waals surface area contributed by atoms with Gasteiger partial charge >= 0.3 is 5.97 Å². The summed E-state index contributed by atoms with van der Waals surface area (Å²) in [6.07, 6.45) is -0.780. The number of β-lactam (4-membered cyclic amide) rings is 1. The number of hydrogen-bond donors (Lipinski definition) is 0. The summed E-state index contributed by atoms with van der Waals surface area (Å²) in [6, 6.07) is 21.7. The first kappa shape index (κ1) is 25.7. The number of fused-ring (bicyclic) bond motifs is 3. The average molecular weight is 593 g/mol. The Balaban J connectivity index is 1.46. The lowest BCUT2D eigenvalue weighted by Crippen LogP contribution is -2.73. The number of carbonyl (C=O) groups is 2. The van der Waals surface area contributed by atoms with Crippen LogP contribution in [0.25, 0.3) is 0 Å². The molecule has 0 N–H and O–H groups in total. The first-order valence-electron chi connectivity index (χ1n) is 12.8. The lowest BCUT2D eigenvalue weighted by molar-refractivity contribution is -0.165. The first-order chi connectivity index (χ1) is 18.9. The lowest BCUT2D eigenvalue weighted by Gasteiger charge is -2.53. The van der Waals surface area contributed by atoms with Crippen molar-refractivity contribution < 1.29 is 28.5 Å². The van der Waals surface area contributed by atoms with E-state index in [4.69, 9.17) is 18.9 Å². The quantitative estimate of drug-likeness (QED) is 0.308. The van der Waals surface area contributed by atoms with Gasteiger partial charge in [-0.15, -0.1) is 0 Å². The third kappa shape index (κ3) is 3.98. The van der Waals surface area contributed by atoms with Gasteiger partial charge in [0, 0.05) is 28.2 Å². The van der Waals surface area contributed by atoms with E-state index in [1.807, 2.05) is 79.8 Å². The fourth-order valence-electron chi connectivity index (χ4n) is 6.54. The summed E-state index contributed by atoms with van der Waals surface area (Å²) in [6.45, 7) is 0.668. The van der Waals surface area contributed by atoms with Crippen LogP contribution in [0.3, 0.4) is 0 Å². The number of ether oxygens (including phenoxy) is 4. The van der Waals surface area contributed by atoms with Crippen LogP contribution in [0.4, 0.5) is 5.69 Å². The van der Waals surface area contributed by atoms with Crippen LogP contribution < -0.4 is 19.1 Å². The van der Waals surface area contributed by atoms with Crippen LogP contribution in [0.5, 0.6) is 17.2 Å². The first-order valence-corrected chi connectivity index (χ1v) is 13.6. The molecule has 3 heterocycles. The van der Waals surface area contributed by atoms with Crippen molar-refractivity contribution in [2.24, 2.45) is 11.3 Å². The Morgan fingerprint density at radius 2 is 1.77 bits per heavy atom. The van der Waals surface area contributed by atoms with Gasteiger partial charge in [0.05, 0.1) is 26.3 Å². The fourth-order valence-corrected chi connectivity index (χ4v) is 6.92. The minimum absolute atomic E-state index is 0.132. The maximum atomic E-state index is 13.8. The van der Waals surface area contributed by atoms with Crippen LogP contribution in [-0.2, 0) is 14.3 Å². The highest BCUT2D eigenvalue weighted by atomic mass is 79.9. The summed E-state index contributed by atoms with van der Waals surface area (Å²) in [5.74, 6) is 1.15. The molecule has 202 valence electrons. The van der Waals surface area contributed by atoms with Crippen LogP contribution in [0, 0.1) is 11.3 Å². The maximum Gasteiger partial charge on any atom is 0.317 e. The van der Waals surface area contributed by atoms with Crippen molar-refractivity contribution >= 4 is 33.5 Å². The molecule has 8 nitrogen and oxygen atoms in total. The zero-order chi connectivity index (χ0) is 27.3. The summed E-state index contributed by atoms with van der Waals surface area (Å²) in [4.78, 5) is 31.5. The van der Waals surface area contributed by atoms with E-state index in [0.29, 0.717) is 23.7 Å². The number of benzene rings is 3. The number of likely N-dealkylation sites (tertiary alicyclic amines) is 1. The number of nitrogens with zero attached hydrogens (tertiary/aromatic N) is 2. The number of hydrogen-bond acceptors (Lipinski definition) is 7. The van der Waals surface area contributed by atoms with E-state index < -0.39 is 17.6 Å². The van der Waals surface area contributed by atoms with Gasteiger partial charge < -0.3 is 23.8 Å². The molecule has 0 aliphatic carbocycles. The van der Waals surface area contributed by atoms with E-state index in [2.05, 4.69) is 20.8 Å². The number of halogens is 1. The molecule has 1 amide bonds. The standard InChI is InChI=1S/C30H29BrN2O6/c1-32-16-23(30(29(35)37-3)17-38-24-14-9-18(31)15-22(24)27(30)32)25-26(39-21-7-5-4-6-8-21)28(34)33(25)19-10-12-20(36-2)13-11-19/h4-15,23,25-27H,16-17H2,1-3H3/t23-,25-,26-,27-,30+/m0/s1. The summed E-state index contributed by atoms with van der Waals surface area (Å²) in [5, 5.41) is 0. The molecular weight excluding hydrogens is 564 g/mol. The minimum Gasteiger partial charge on any atom is -0.497 e. The number of anilines is 1. The molecular formula is C30H29BrN2O6. The molecule has 39 heavy (non-hydrogen) atoms. The predicted molar refractivity (Wildman–Crippen MR) is 148 cm³/mol. The Labute approximate surface area is 235 Å². The zero-order valence-electron chi connectivity index (χ0n) is 21.9. The zero-order valence-corrected chi connectivity index (χ0v) is 23.5. The molecule has 3 aromatic carbocycles. The van der Waals surface area contributed by atoms with E-state index >= 15 is 0 Å². The van der Waals surface area contributed by atoms with Crippen molar-refractivity contribution in [2.45, 2.75) is 18.2 Å². The number of para-hydroxylation sites is 1. The molecule has 0 saturated carbocycles. The van der Waals surface area contributed by atoms with Crippen molar-refractivity contribution in [3.05, 3.63) is 82.8 Å². The monoisotopic (exact) mass is 592 g/mol. The molecule has 6 rings (SSSR count). The average Bonchev–Trinajstić information content (AvgIpc) is 3.27. The molecule has 3 aliphatic rings. The van der Waals surface area contributed by atoms with Gasteiger partial charge in [-0.1, -0.05) is 34.1 Å². The smallest absolute Gasteiger partial charge is 0.317 e. The van der Waals surface area contributed by atoms with Crippen LogP contribution >= 0.6 is 15.9 Å². The third-order valence-electron chi connectivity index (χ3n) is 8.23. The molecule has 2 saturated heterocycles. The lowest BCUT2D eigenvalue weighted by atomic mass is 9.64. The van der Waals surface area contributed by atoms with Crippen molar-refractivity contribution in [3.8, 4) is 17.2 Å². The van der Waals surface area contributed by atoms with Crippen molar-refractivity contribution in [3.63, 3.8) is 0 Å². The second-order valence-corrected chi connectivity index (χ2v) is 11.1. The van der Waals surface area contributed by atoms with Gasteiger partial charge in [-0.3, -0.25) is 14.5 Å². The van der Waals surface area contributed by atoms with Crippen LogP contribution in [-0.4, -0.2) is 63.3 Å². The predicted octanol–water partition coefficient (Wildman–Crippen LogP) is 4.48. The molecule has 9 heteroatoms. The Hall–Kier alpha value is -3.56. The Morgan fingerprint density at radius 3 is 2.46 bits per heavy atom. The van der Waals surface area contributed by atoms with Gasteiger partial charge in [-0.2, -0.15) is 0 Å². The van der Waals surface area contributed by atoms with E-state index in [0.717, 1.165) is 15.8 Å². The molecule has 5 atom stereocenters. The van der Waals surface area contributed by atoms with Gasteiger partial charge in [0.2, 0.25) is 0 Å². The van der Waals surface area contributed by atoms with Gasteiger partial charge in [0.1, 0.15) is 29.3 Å². The van der Waals surface area contributed by atoms with E-state index in [-0.39, 0.29) is 30.4 Å². The minimum atomic E-state index is -1.06. The molecule has 0 aromatic heterocycles. The van der Waals surface area contributed by atoms with Crippen molar-refractivity contribution in [2.75, 3.05) is 39.3 Å². The summed E-state index contributed by atoms with van der Waals surface area (Å²) < 4.78 is 24.3. The summed E-state index contributed by atoms with van der Waals surface area (Å²) in [7, 11) is 5.01. The largest absolute Gasteiger partial charge is 0.497 e. The fraction of sp³-hybridized carbons (Fsp3) is 0.333. The molecule has 0 unspecified atom stereocenters. The van der Waals surface area contributed by atoms with E-state index in [1.165, 1.54) is 7.11 Å². The highest BCUT2D eigenvalue weighted by Gasteiger charge is 2.69. The highest BCUT2D eigenvalue weighted by molar-refractivity contribution is 9.10. The summed E-state index contributed by atoms with van der Waals surface area (Å²) in [5.41, 5.74) is 0.559. The Bertz CT molecular complexity index is 1400. The normalized spacial score (nSPS) is 27.6. The number of rotatable bonds is 6. The van der Waals surface area contributed by atoms with Crippen molar-refractivity contribution in [1.82, 2.24) is 4.90 Å². The number of esters is 1. The van der Waals surface area contributed by atoms with Crippen LogP contribution in [0.15, 0.2) is 77.3 Å². The van der Waals surface area contributed by atoms with Gasteiger partial charge in [-0.25, -0.2) is 0 Å². The second-order valence-electron chi connectivity index (χ2n) is 10.2. The molecule has 0 radical (unpaired) electrons. The van der Waals surface area contributed by atoms with Crippen molar-refractivity contribution in [1.29, 1.82) is 0 Å². The molecule has 0 spiro atoms. The maximum absolute atomic E-state index is 13.8. The van der Waals surface area contributed by atoms with Gasteiger partial charge in [0.15, 0.2) is 6.10 Å². The molecule has 3 aliphatic heterocycles. The SMILES string of the molecule is COC(=O)[C@@]12COc3ccc(Br)cc3[C@@H]1N(C)C[C@H]2[C@H]1[C@H](Oc2ccccc2)C(=O)N1c1ccc(OC)cc1. The Kier molecular flexibility index (Phi) is 6.51. The molecule has 0 bridgehead atoms. The molecule has 3 aromatic rings. The van der Waals surface area contributed by atoms with E-state index in [1.54, 1.807) is 12.0 Å². The number of amides is 1. The van der Waals surface area contributed by atoms with E-state index in [9.17, 15) is 9.59 Å². The van der Waals surface area contributed by atoms with Gasteiger partial charge in [-0.05, 0) is 61.6 Å². The third-order valence-corrected chi connectivity index (χ3v) is 8.72. The Morgan fingerprint density at radius 1 is 1.03 bits per heavy atom. The second kappa shape index (κ2) is 9.88. The van der Waals surface area contributed by atoms with Gasteiger partial charge in [0.25, 0.3) is 5.91 Å². The molecule has 2 fully saturated rings. The summed E-state index contributed by atoms with van der Waals surface area (Å²) >= 11 is 3.58. The highest BCUT2D eigenvalue weighted by Crippen LogP contribution is 2.59. The van der Waals surface area contributed by atoms with Crippen LogP contribution in [0.2, 0.25) is 0 Å². The topological polar surface area (TPSA) is 77.5 Å².